The number of hydrogen-bond donors (Lipinski definition) is 0. The largest absolute Gasteiger partial charge is 0.419 e. The summed E-state index contributed by atoms with van der Waals surface area (Å²) in [5, 5.41) is 0. The lowest BCUT2D eigenvalue weighted by Crippen LogP contribution is -2.48. The molecule has 184 valence electrons. The number of hydrogen-bond acceptors (Lipinski definition) is 8. The van der Waals surface area contributed by atoms with Gasteiger partial charge in [-0.1, -0.05) is 55.3 Å². The van der Waals surface area contributed by atoms with Crippen molar-refractivity contribution in [1.82, 2.24) is 0 Å². The Labute approximate surface area is 203 Å². The summed E-state index contributed by atoms with van der Waals surface area (Å²) in [6.07, 6.45) is 9.87. The third-order valence-electron chi connectivity index (χ3n) is 7.10. The quantitative estimate of drug-likeness (QED) is 0.361. The molecular weight excluding hydrogens is 452 g/mol. The molecule has 2 saturated carbocycles. The average molecular weight is 481 g/mol. The number of benzene rings is 1. The Morgan fingerprint density at radius 1 is 0.571 bits per heavy atom. The maximum Gasteiger partial charge on any atom is 0.348 e. The van der Waals surface area contributed by atoms with Crippen LogP contribution in [0.15, 0.2) is 53.6 Å². The molecule has 2 aliphatic carbocycles. The zero-order valence-electron chi connectivity index (χ0n) is 19.5. The van der Waals surface area contributed by atoms with Crippen LogP contribution < -0.4 is 0 Å². The van der Waals surface area contributed by atoms with Gasteiger partial charge in [-0.2, -0.15) is 0 Å². The van der Waals surface area contributed by atoms with E-state index in [0.29, 0.717) is 31.2 Å². The maximum absolute atomic E-state index is 12.9. The predicted molar refractivity (Wildman–Crippen MR) is 121 cm³/mol. The fourth-order valence-electron chi connectivity index (χ4n) is 5.24. The molecule has 4 fully saturated rings. The zero-order valence-corrected chi connectivity index (χ0v) is 19.5. The molecular formula is C27H28O8. The van der Waals surface area contributed by atoms with E-state index in [9.17, 15) is 19.2 Å². The minimum atomic E-state index is -1.20. The molecule has 5 rings (SSSR count). The Hall–Kier alpha value is -3.42. The van der Waals surface area contributed by atoms with Crippen LogP contribution in [0.5, 0.6) is 0 Å². The molecule has 1 aromatic carbocycles. The number of ether oxygens (including phenoxy) is 4. The molecule has 2 saturated heterocycles. The first-order valence-corrected chi connectivity index (χ1v) is 12.3. The van der Waals surface area contributed by atoms with E-state index in [1.54, 1.807) is 24.3 Å². The first-order chi connectivity index (χ1) is 16.9. The van der Waals surface area contributed by atoms with E-state index in [0.717, 1.165) is 38.5 Å². The minimum Gasteiger partial charge on any atom is -0.419 e. The third-order valence-corrected chi connectivity index (χ3v) is 7.10. The van der Waals surface area contributed by atoms with Gasteiger partial charge in [0.2, 0.25) is 0 Å². The Morgan fingerprint density at radius 2 is 0.943 bits per heavy atom. The highest BCUT2D eigenvalue weighted by Gasteiger charge is 2.48. The summed E-state index contributed by atoms with van der Waals surface area (Å²) in [6, 6.07) is 8.91. The fraction of sp³-hybridized carbons (Fsp3) is 0.481. The first-order valence-electron chi connectivity index (χ1n) is 12.3. The monoisotopic (exact) mass is 480 g/mol. The van der Waals surface area contributed by atoms with Crippen molar-refractivity contribution >= 4 is 23.9 Å². The second-order valence-electron chi connectivity index (χ2n) is 9.60. The lowest BCUT2D eigenvalue weighted by atomic mass is 9.90. The summed E-state index contributed by atoms with van der Waals surface area (Å²) >= 11 is 0. The van der Waals surface area contributed by atoms with E-state index in [-0.39, 0.29) is 11.1 Å². The maximum atomic E-state index is 12.9. The Kier molecular flexibility index (Phi) is 6.21. The molecule has 0 N–H and O–H groups in total. The van der Waals surface area contributed by atoms with Crippen molar-refractivity contribution < 1.29 is 38.1 Å². The number of carbonyl (C=O) groups excluding carboxylic acids is 4. The van der Waals surface area contributed by atoms with Crippen molar-refractivity contribution in [3.05, 3.63) is 59.2 Å². The molecule has 2 aliphatic heterocycles. The van der Waals surface area contributed by atoms with Crippen molar-refractivity contribution in [2.45, 2.75) is 81.7 Å². The summed E-state index contributed by atoms with van der Waals surface area (Å²) in [5.41, 5.74) is 0.117. The fourth-order valence-corrected chi connectivity index (χ4v) is 5.24. The summed E-state index contributed by atoms with van der Waals surface area (Å²) in [4.78, 5) is 51.5. The van der Waals surface area contributed by atoms with Crippen LogP contribution in [0.4, 0.5) is 0 Å². The van der Waals surface area contributed by atoms with E-state index in [2.05, 4.69) is 0 Å². The van der Waals surface area contributed by atoms with Crippen LogP contribution >= 0.6 is 0 Å². The molecule has 1 aromatic rings. The number of rotatable bonds is 3. The first kappa shape index (κ1) is 23.3. The van der Waals surface area contributed by atoms with Crippen LogP contribution in [0.3, 0.4) is 0 Å². The van der Waals surface area contributed by atoms with E-state index in [4.69, 9.17) is 18.9 Å². The highest BCUT2D eigenvalue weighted by molar-refractivity contribution is 6.16. The van der Waals surface area contributed by atoms with Crippen LogP contribution in [-0.4, -0.2) is 35.5 Å². The molecule has 2 heterocycles. The highest BCUT2D eigenvalue weighted by atomic mass is 16.8. The van der Waals surface area contributed by atoms with Gasteiger partial charge in [0.05, 0.1) is 0 Å². The van der Waals surface area contributed by atoms with Crippen LogP contribution in [0.25, 0.3) is 0 Å². The van der Waals surface area contributed by atoms with Crippen LogP contribution in [0, 0.1) is 0 Å². The van der Waals surface area contributed by atoms with Gasteiger partial charge in [0.1, 0.15) is 11.1 Å². The van der Waals surface area contributed by atoms with Crippen molar-refractivity contribution in [1.29, 1.82) is 0 Å². The standard InChI is InChI=1S/C27H28O8/c28-22-20(23(29)33-26(32-22)12-6-2-7-13-26)16-19(18-10-4-1-5-11-18)17-21-24(30)34-27(35-25(21)31)14-8-3-9-15-27/h1,4-5,10-11,16-17,19H,2-3,6-9,12-15H2. The lowest BCUT2D eigenvalue weighted by Gasteiger charge is -2.39. The Balaban J connectivity index is 1.45. The van der Waals surface area contributed by atoms with Gasteiger partial charge in [-0.15, -0.1) is 0 Å². The normalized spacial score (nSPS) is 23.5. The predicted octanol–water partition coefficient (Wildman–Crippen LogP) is 4.14. The number of allylic oxidation sites excluding steroid dienone is 2. The smallest absolute Gasteiger partial charge is 0.348 e. The van der Waals surface area contributed by atoms with Crippen LogP contribution in [-0.2, 0) is 38.1 Å². The molecule has 0 radical (unpaired) electrons. The zero-order chi connectivity index (χ0) is 24.5. The molecule has 0 bridgehead atoms. The molecule has 0 amide bonds. The number of carbonyl (C=O) groups is 4. The molecule has 0 unspecified atom stereocenters. The van der Waals surface area contributed by atoms with E-state index in [1.165, 1.54) is 12.2 Å². The molecule has 4 aliphatic rings. The molecule has 8 nitrogen and oxygen atoms in total. The Morgan fingerprint density at radius 3 is 1.31 bits per heavy atom. The molecule has 8 heteroatoms. The molecule has 0 aromatic heterocycles. The van der Waals surface area contributed by atoms with Crippen molar-refractivity contribution in [2.24, 2.45) is 0 Å². The Bertz CT molecular complexity index is 975. The van der Waals surface area contributed by atoms with Gasteiger partial charge >= 0.3 is 23.9 Å². The lowest BCUT2D eigenvalue weighted by molar-refractivity contribution is -0.246. The summed E-state index contributed by atoms with van der Waals surface area (Å²) < 4.78 is 22.4. The van der Waals surface area contributed by atoms with Crippen molar-refractivity contribution in [2.75, 3.05) is 0 Å². The second kappa shape index (κ2) is 9.32. The van der Waals surface area contributed by atoms with Gasteiger partial charge in [-0.25, -0.2) is 19.2 Å². The van der Waals surface area contributed by atoms with Crippen molar-refractivity contribution in [3.8, 4) is 0 Å². The van der Waals surface area contributed by atoms with E-state index < -0.39 is 41.4 Å². The van der Waals surface area contributed by atoms with Gasteiger partial charge in [0, 0.05) is 31.6 Å². The summed E-state index contributed by atoms with van der Waals surface area (Å²) in [6.45, 7) is 0. The van der Waals surface area contributed by atoms with Crippen LogP contribution in [0.1, 0.15) is 75.7 Å². The summed E-state index contributed by atoms with van der Waals surface area (Å²) in [5.74, 6) is -6.24. The van der Waals surface area contributed by atoms with Gasteiger partial charge in [-0.05, 0) is 31.2 Å². The number of esters is 4. The van der Waals surface area contributed by atoms with Gasteiger partial charge < -0.3 is 18.9 Å². The highest BCUT2D eigenvalue weighted by Crippen LogP contribution is 2.39. The van der Waals surface area contributed by atoms with Crippen LogP contribution in [0.2, 0.25) is 0 Å². The summed E-state index contributed by atoms with van der Waals surface area (Å²) in [7, 11) is 0. The second-order valence-corrected chi connectivity index (χ2v) is 9.60. The van der Waals surface area contributed by atoms with Gasteiger partial charge in [0.15, 0.2) is 0 Å². The topological polar surface area (TPSA) is 105 Å². The molecule has 2 spiro atoms. The molecule has 35 heavy (non-hydrogen) atoms. The third kappa shape index (κ3) is 4.74. The minimum absolute atomic E-state index is 0.270. The SMILES string of the molecule is O=C1OC2(CCCCC2)OC(=O)C1=CC(C=C1C(=O)OC2(CCCCC2)OC1=O)c1ccccc1. The van der Waals surface area contributed by atoms with Crippen molar-refractivity contribution in [3.63, 3.8) is 0 Å². The van der Waals surface area contributed by atoms with Gasteiger partial charge in [-0.3, -0.25) is 0 Å². The average Bonchev–Trinajstić information content (AvgIpc) is 2.84. The van der Waals surface area contributed by atoms with E-state index >= 15 is 0 Å². The molecule has 0 atom stereocenters. The van der Waals surface area contributed by atoms with E-state index in [1.807, 2.05) is 6.07 Å². The van der Waals surface area contributed by atoms with Gasteiger partial charge in [0.25, 0.3) is 11.6 Å².